The van der Waals surface area contributed by atoms with E-state index >= 15 is 0 Å². The average Bonchev–Trinajstić information content (AvgIpc) is 3.14. The van der Waals surface area contributed by atoms with E-state index in [1.165, 1.54) is 50.1 Å². The zero-order chi connectivity index (χ0) is 25.6. The van der Waals surface area contributed by atoms with Gasteiger partial charge in [-0.25, -0.2) is 4.57 Å². The van der Waals surface area contributed by atoms with E-state index in [4.69, 9.17) is 0 Å². The molecule has 5 rings (SSSR count). The summed E-state index contributed by atoms with van der Waals surface area (Å²) < 4.78 is 4.84. The van der Waals surface area contributed by atoms with Crippen molar-refractivity contribution in [2.24, 2.45) is 7.05 Å². The predicted molar refractivity (Wildman–Crippen MR) is 151 cm³/mol. The summed E-state index contributed by atoms with van der Waals surface area (Å²) in [6, 6.07) is 24.4. The molecule has 0 bridgehead atoms. The van der Waals surface area contributed by atoms with Gasteiger partial charge in [-0.1, -0.05) is 64.1 Å². The molecule has 0 N–H and O–H groups in total. The molecule has 0 atom stereocenters. The molecule has 0 amide bonds. The number of rotatable bonds is 5. The van der Waals surface area contributed by atoms with Crippen molar-refractivity contribution in [2.75, 3.05) is 0 Å². The fraction of sp³-hybridized carbons (Fsp3) is 0.273. The van der Waals surface area contributed by atoms with Gasteiger partial charge in [0.05, 0.1) is 12.6 Å². The van der Waals surface area contributed by atoms with E-state index in [1.54, 1.807) is 0 Å². The molecule has 2 heterocycles. The molecule has 3 nitrogen and oxygen atoms in total. The van der Waals surface area contributed by atoms with Crippen LogP contribution in [0.4, 0.5) is 0 Å². The Morgan fingerprint density at radius 1 is 0.778 bits per heavy atom. The lowest BCUT2D eigenvalue weighted by molar-refractivity contribution is -0.633. The Bertz CT molecular complexity index is 1530. The van der Waals surface area contributed by atoms with Gasteiger partial charge in [-0.2, -0.15) is 4.57 Å². The van der Waals surface area contributed by atoms with Gasteiger partial charge in [-0.05, 0) is 78.3 Å². The zero-order valence-corrected chi connectivity index (χ0v) is 22.5. The first-order chi connectivity index (χ1) is 17.3. The van der Waals surface area contributed by atoms with Crippen LogP contribution in [0.2, 0.25) is 0 Å². The molecule has 3 aromatic carbocycles. The molecule has 3 heteroatoms. The molecule has 0 aliphatic rings. The third kappa shape index (κ3) is 4.03. The Morgan fingerprint density at radius 2 is 1.44 bits per heavy atom. The second kappa shape index (κ2) is 9.39. The van der Waals surface area contributed by atoms with Gasteiger partial charge in [0, 0.05) is 23.5 Å². The molecule has 0 saturated carbocycles. The molecule has 0 aliphatic heterocycles. The SMILES string of the molecule is Cc1ccc2c(c1)n(-c1c(C(C)C)cc(-c3ccccc3)cc1C(C)C)c(-c1cnccc1C)[n+]2C. The first-order valence-electron chi connectivity index (χ1n) is 12.9. The highest BCUT2D eigenvalue weighted by atomic mass is 15.2. The Morgan fingerprint density at radius 3 is 2.06 bits per heavy atom. The standard InChI is InChI=1S/C33H36N3/c1-21(2)27-18-26(25-11-9-8-10-12-25)19-28(22(3)4)32(27)36-31-17-23(5)13-14-30(31)35(7)33(36)29-20-34-16-15-24(29)6/h8-22H,1-7H3/q+1. The number of aromatic nitrogens is 3. The fourth-order valence-corrected chi connectivity index (χ4v) is 5.32. The lowest BCUT2D eigenvalue weighted by Crippen LogP contribution is -2.30. The fourth-order valence-electron chi connectivity index (χ4n) is 5.32. The van der Waals surface area contributed by atoms with Crippen LogP contribution in [-0.2, 0) is 7.05 Å². The van der Waals surface area contributed by atoms with Crippen LogP contribution in [-0.4, -0.2) is 9.55 Å². The summed E-state index contributed by atoms with van der Waals surface area (Å²) in [4.78, 5) is 4.53. The highest BCUT2D eigenvalue weighted by Gasteiger charge is 2.32. The highest BCUT2D eigenvalue weighted by molar-refractivity contribution is 5.82. The third-order valence-electron chi connectivity index (χ3n) is 7.29. The molecular weight excluding hydrogens is 438 g/mol. The molecule has 182 valence electrons. The van der Waals surface area contributed by atoms with Crippen LogP contribution in [0.3, 0.4) is 0 Å². The monoisotopic (exact) mass is 474 g/mol. The van der Waals surface area contributed by atoms with E-state index in [2.05, 4.69) is 129 Å². The maximum atomic E-state index is 4.53. The van der Waals surface area contributed by atoms with Crippen LogP contribution in [0.5, 0.6) is 0 Å². The normalized spacial score (nSPS) is 11.7. The van der Waals surface area contributed by atoms with E-state index in [0.717, 1.165) is 11.4 Å². The molecule has 0 unspecified atom stereocenters. The van der Waals surface area contributed by atoms with Crippen molar-refractivity contribution in [3.05, 3.63) is 101 Å². The summed E-state index contributed by atoms with van der Waals surface area (Å²) >= 11 is 0. The van der Waals surface area contributed by atoms with Crippen molar-refractivity contribution < 1.29 is 4.57 Å². The summed E-state index contributed by atoms with van der Waals surface area (Å²) in [5.41, 5.74) is 12.7. The molecule has 36 heavy (non-hydrogen) atoms. The largest absolute Gasteiger partial charge is 0.296 e. The van der Waals surface area contributed by atoms with Crippen LogP contribution in [0.25, 0.3) is 39.2 Å². The van der Waals surface area contributed by atoms with Crippen LogP contribution < -0.4 is 4.57 Å². The summed E-state index contributed by atoms with van der Waals surface area (Å²) in [6.45, 7) is 13.6. The van der Waals surface area contributed by atoms with E-state index in [-0.39, 0.29) is 0 Å². The minimum Gasteiger partial charge on any atom is -0.264 e. The van der Waals surface area contributed by atoms with E-state index < -0.39 is 0 Å². The number of imidazole rings is 1. The Kier molecular flexibility index (Phi) is 6.26. The van der Waals surface area contributed by atoms with Gasteiger partial charge in [0.15, 0.2) is 11.0 Å². The van der Waals surface area contributed by atoms with Crippen LogP contribution in [0, 0.1) is 13.8 Å². The van der Waals surface area contributed by atoms with Gasteiger partial charge < -0.3 is 0 Å². The summed E-state index contributed by atoms with van der Waals surface area (Å²) in [5.74, 6) is 1.88. The summed E-state index contributed by atoms with van der Waals surface area (Å²) in [7, 11) is 2.18. The van der Waals surface area contributed by atoms with Crippen LogP contribution in [0.1, 0.15) is 61.8 Å². The first-order valence-corrected chi connectivity index (χ1v) is 12.9. The number of hydrogen-bond acceptors (Lipinski definition) is 1. The smallest absolute Gasteiger partial charge is 0.264 e. The van der Waals surface area contributed by atoms with E-state index in [9.17, 15) is 0 Å². The number of fused-ring (bicyclic) bond motifs is 1. The van der Waals surface area contributed by atoms with Crippen molar-refractivity contribution >= 4 is 11.0 Å². The quantitative estimate of drug-likeness (QED) is 0.236. The van der Waals surface area contributed by atoms with Crippen molar-refractivity contribution in [1.29, 1.82) is 0 Å². The Hall–Kier alpha value is -3.72. The summed E-state index contributed by atoms with van der Waals surface area (Å²) in [6.07, 6.45) is 3.89. The van der Waals surface area contributed by atoms with Crippen molar-refractivity contribution in [1.82, 2.24) is 9.55 Å². The molecule has 0 saturated heterocycles. The second-order valence-electron chi connectivity index (χ2n) is 10.6. The molecule has 0 spiro atoms. The van der Waals surface area contributed by atoms with Crippen molar-refractivity contribution in [2.45, 2.75) is 53.4 Å². The molecule has 0 aliphatic carbocycles. The van der Waals surface area contributed by atoms with Gasteiger partial charge in [0.1, 0.15) is 5.69 Å². The molecule has 0 fully saturated rings. The highest BCUT2D eigenvalue weighted by Crippen LogP contribution is 2.40. The minimum atomic E-state index is 0.358. The molecular formula is C33H36N3+. The number of benzene rings is 3. The number of hydrogen-bond donors (Lipinski definition) is 0. The number of pyridine rings is 1. The number of aryl methyl sites for hydroxylation is 3. The van der Waals surface area contributed by atoms with Gasteiger partial charge in [0.2, 0.25) is 0 Å². The van der Waals surface area contributed by atoms with Crippen LogP contribution in [0.15, 0.2) is 79.1 Å². The van der Waals surface area contributed by atoms with Gasteiger partial charge in [-0.15, -0.1) is 0 Å². The topological polar surface area (TPSA) is 21.7 Å². The van der Waals surface area contributed by atoms with Gasteiger partial charge in [0.25, 0.3) is 5.82 Å². The lowest BCUT2D eigenvalue weighted by atomic mass is 9.88. The second-order valence-corrected chi connectivity index (χ2v) is 10.6. The first kappa shape index (κ1) is 24.0. The zero-order valence-electron chi connectivity index (χ0n) is 22.5. The number of nitrogens with zero attached hydrogens (tertiary/aromatic N) is 3. The molecule has 0 radical (unpaired) electrons. The van der Waals surface area contributed by atoms with E-state index in [0.29, 0.717) is 11.8 Å². The maximum absolute atomic E-state index is 4.53. The molecule has 2 aromatic heterocycles. The minimum absolute atomic E-state index is 0.358. The predicted octanol–water partition coefficient (Wildman–Crippen LogP) is 8.05. The average molecular weight is 475 g/mol. The van der Waals surface area contributed by atoms with Crippen molar-refractivity contribution in [3.63, 3.8) is 0 Å². The Labute approximate surface area is 215 Å². The maximum Gasteiger partial charge on any atom is 0.296 e. The van der Waals surface area contributed by atoms with E-state index in [1.807, 2.05) is 12.4 Å². The summed E-state index contributed by atoms with van der Waals surface area (Å²) in [5, 5.41) is 0. The molecule has 5 aromatic rings. The lowest BCUT2D eigenvalue weighted by Gasteiger charge is -2.21. The van der Waals surface area contributed by atoms with Crippen molar-refractivity contribution in [3.8, 4) is 28.2 Å². The van der Waals surface area contributed by atoms with Gasteiger partial charge in [-0.3, -0.25) is 4.98 Å². The third-order valence-corrected chi connectivity index (χ3v) is 7.29. The van der Waals surface area contributed by atoms with Gasteiger partial charge >= 0.3 is 0 Å². The Balaban J connectivity index is 1.96. The van der Waals surface area contributed by atoms with Crippen LogP contribution >= 0.6 is 0 Å².